The van der Waals surface area contributed by atoms with Crippen molar-refractivity contribution in [1.82, 2.24) is 9.88 Å². The minimum absolute atomic E-state index is 0. The van der Waals surface area contributed by atoms with Gasteiger partial charge in [0.2, 0.25) is 5.91 Å². The molecule has 2 N–H and O–H groups in total. The number of rotatable bonds is 3. The molecule has 134 valence electrons. The van der Waals surface area contributed by atoms with E-state index in [-0.39, 0.29) is 36.1 Å². The fraction of sp³-hybridized carbons (Fsp3) is 0.733. The third-order valence-corrected chi connectivity index (χ3v) is 5.15. The normalized spacial score (nSPS) is 16.4. The number of nitrogens with two attached hydrogens (primary N) is 1. The van der Waals surface area contributed by atoms with Gasteiger partial charge in [-0.05, 0) is 11.8 Å². The van der Waals surface area contributed by atoms with E-state index >= 15 is 0 Å². The molecule has 1 fully saturated rings. The minimum Gasteiger partial charge on any atom is -0.345 e. The van der Waals surface area contributed by atoms with Gasteiger partial charge < -0.3 is 15.5 Å². The van der Waals surface area contributed by atoms with Crippen molar-refractivity contribution in [3.05, 3.63) is 11.1 Å². The Bertz CT molecular complexity index is 496. The first-order chi connectivity index (χ1) is 9.82. The summed E-state index contributed by atoms with van der Waals surface area (Å²) in [4.78, 5) is 22.3. The van der Waals surface area contributed by atoms with Gasteiger partial charge >= 0.3 is 0 Å². The van der Waals surface area contributed by atoms with Crippen LogP contribution < -0.4 is 10.6 Å². The van der Waals surface area contributed by atoms with Crippen LogP contribution in [0.25, 0.3) is 0 Å². The lowest BCUT2D eigenvalue weighted by atomic mass is 9.86. The topological polar surface area (TPSA) is 62.5 Å². The Labute approximate surface area is 155 Å². The van der Waals surface area contributed by atoms with Gasteiger partial charge in [0.25, 0.3) is 0 Å². The Morgan fingerprint density at radius 3 is 2.30 bits per heavy atom. The summed E-state index contributed by atoms with van der Waals surface area (Å²) in [5.41, 5.74) is 5.88. The summed E-state index contributed by atoms with van der Waals surface area (Å²) in [7, 11) is 0. The van der Waals surface area contributed by atoms with Gasteiger partial charge in [0.15, 0.2) is 5.13 Å². The van der Waals surface area contributed by atoms with E-state index in [1.54, 1.807) is 11.3 Å². The van der Waals surface area contributed by atoms with Gasteiger partial charge in [-0.1, -0.05) is 27.7 Å². The highest BCUT2D eigenvalue weighted by molar-refractivity contribution is 7.15. The van der Waals surface area contributed by atoms with Gasteiger partial charge in [-0.15, -0.1) is 36.2 Å². The molecule has 0 bridgehead atoms. The van der Waals surface area contributed by atoms with Crippen molar-refractivity contribution in [2.75, 3.05) is 31.1 Å². The quantitative estimate of drug-likeness (QED) is 0.872. The first-order valence-electron chi connectivity index (χ1n) is 7.57. The van der Waals surface area contributed by atoms with Crippen LogP contribution in [-0.2, 0) is 11.2 Å². The number of hydrogen-bond donors (Lipinski definition) is 1. The van der Waals surface area contributed by atoms with E-state index in [2.05, 4.69) is 16.8 Å². The van der Waals surface area contributed by atoms with E-state index in [1.165, 1.54) is 4.88 Å². The Hall–Kier alpha value is -0.560. The zero-order chi connectivity index (χ0) is 15.6. The number of thiazole rings is 1. The van der Waals surface area contributed by atoms with Crippen LogP contribution in [0.5, 0.6) is 0 Å². The van der Waals surface area contributed by atoms with Crippen LogP contribution in [0.4, 0.5) is 5.13 Å². The van der Waals surface area contributed by atoms with Crippen LogP contribution in [0.3, 0.4) is 0 Å². The Kier molecular flexibility index (Phi) is 8.84. The number of anilines is 1. The molecule has 2 heterocycles. The lowest BCUT2D eigenvalue weighted by molar-refractivity contribution is -0.135. The second-order valence-corrected chi connectivity index (χ2v) is 7.71. The fourth-order valence-electron chi connectivity index (χ4n) is 2.29. The summed E-state index contributed by atoms with van der Waals surface area (Å²) >= 11 is 1.75. The highest BCUT2D eigenvalue weighted by Crippen LogP contribution is 2.25. The molecule has 0 spiro atoms. The van der Waals surface area contributed by atoms with Crippen molar-refractivity contribution in [2.24, 2.45) is 11.1 Å². The molecule has 0 saturated carbocycles. The summed E-state index contributed by atoms with van der Waals surface area (Å²) in [5, 5.41) is 1.07. The molecule has 0 unspecified atom stereocenters. The first kappa shape index (κ1) is 22.4. The molecule has 1 saturated heterocycles. The Balaban J connectivity index is 0.00000242. The van der Waals surface area contributed by atoms with Gasteiger partial charge in [-0.25, -0.2) is 4.98 Å². The number of amides is 1. The van der Waals surface area contributed by atoms with Crippen LogP contribution in [0, 0.1) is 5.41 Å². The van der Waals surface area contributed by atoms with Gasteiger partial charge in [0.05, 0.1) is 6.04 Å². The Morgan fingerprint density at radius 1 is 1.30 bits per heavy atom. The molecule has 0 radical (unpaired) electrons. The monoisotopic (exact) mass is 382 g/mol. The van der Waals surface area contributed by atoms with Gasteiger partial charge in [-0.2, -0.15) is 0 Å². The van der Waals surface area contributed by atoms with E-state index in [4.69, 9.17) is 5.73 Å². The molecule has 1 amide bonds. The number of nitrogens with zero attached hydrogens (tertiary/aromatic N) is 3. The zero-order valence-corrected chi connectivity index (χ0v) is 16.7. The van der Waals surface area contributed by atoms with Crippen LogP contribution in [0.1, 0.15) is 32.6 Å². The smallest absolute Gasteiger partial charge is 0.240 e. The summed E-state index contributed by atoms with van der Waals surface area (Å²) in [6, 6.07) is -0.435. The van der Waals surface area contributed by atoms with Gasteiger partial charge in [0, 0.05) is 37.3 Å². The largest absolute Gasteiger partial charge is 0.345 e. The third-order valence-electron chi connectivity index (χ3n) is 3.95. The van der Waals surface area contributed by atoms with E-state index in [9.17, 15) is 4.79 Å². The molecule has 8 heteroatoms. The number of carbonyl (C=O) groups excluding carboxylic acids is 1. The second-order valence-electron chi connectivity index (χ2n) is 6.62. The first-order valence-corrected chi connectivity index (χ1v) is 8.38. The number of halogens is 2. The lowest BCUT2D eigenvalue weighted by Crippen LogP contribution is -2.56. The minimum atomic E-state index is -0.435. The molecular formula is C15H28Cl2N4OS. The van der Waals surface area contributed by atoms with Gasteiger partial charge in [-0.3, -0.25) is 4.79 Å². The number of aryl methyl sites for hydroxylation is 1. The number of carbonyl (C=O) groups is 1. The average Bonchev–Trinajstić information content (AvgIpc) is 2.94. The standard InChI is InChI=1S/C15H26N4OS.2ClH/c1-5-11-10-17-14(21-11)19-8-6-18(7-9-19)13(20)12(16)15(2,3)4;;/h10,12H,5-9,16H2,1-4H3;2*1H/t12-;;/m1../s1. The molecule has 0 aromatic carbocycles. The van der Waals surface area contributed by atoms with Crippen molar-refractivity contribution >= 4 is 47.2 Å². The third kappa shape index (κ3) is 5.48. The molecule has 1 aromatic heterocycles. The molecule has 5 nitrogen and oxygen atoms in total. The predicted molar refractivity (Wildman–Crippen MR) is 102 cm³/mol. The van der Waals surface area contributed by atoms with Crippen molar-refractivity contribution < 1.29 is 4.79 Å². The van der Waals surface area contributed by atoms with Gasteiger partial charge in [0.1, 0.15) is 0 Å². The van der Waals surface area contributed by atoms with Crippen molar-refractivity contribution in [3.8, 4) is 0 Å². The average molecular weight is 383 g/mol. The van der Waals surface area contributed by atoms with Crippen molar-refractivity contribution in [1.29, 1.82) is 0 Å². The lowest BCUT2D eigenvalue weighted by Gasteiger charge is -2.38. The summed E-state index contributed by atoms with van der Waals surface area (Å²) in [5.74, 6) is 0.0653. The second kappa shape index (κ2) is 9.06. The number of hydrogen-bond acceptors (Lipinski definition) is 5. The molecular weight excluding hydrogens is 355 g/mol. The summed E-state index contributed by atoms with van der Waals surface area (Å²) in [6.45, 7) is 11.3. The molecule has 1 aliphatic heterocycles. The molecule has 1 aromatic rings. The molecule has 1 aliphatic rings. The van der Waals surface area contributed by atoms with Crippen LogP contribution in [0.15, 0.2) is 6.20 Å². The van der Waals surface area contributed by atoms with Crippen LogP contribution in [-0.4, -0.2) is 48.0 Å². The van der Waals surface area contributed by atoms with E-state index in [0.717, 1.165) is 37.7 Å². The number of piperazine rings is 1. The zero-order valence-electron chi connectivity index (χ0n) is 14.2. The molecule has 1 atom stereocenters. The summed E-state index contributed by atoms with van der Waals surface area (Å²) < 4.78 is 0. The maximum absolute atomic E-state index is 12.4. The Morgan fingerprint density at radius 2 is 1.87 bits per heavy atom. The van der Waals surface area contributed by atoms with Crippen molar-refractivity contribution in [2.45, 2.75) is 40.2 Å². The van der Waals surface area contributed by atoms with Crippen LogP contribution in [0.2, 0.25) is 0 Å². The highest BCUT2D eigenvalue weighted by Gasteiger charge is 2.32. The van der Waals surface area contributed by atoms with E-state index < -0.39 is 6.04 Å². The molecule has 2 rings (SSSR count). The maximum Gasteiger partial charge on any atom is 0.240 e. The van der Waals surface area contributed by atoms with E-state index in [1.807, 2.05) is 31.9 Å². The van der Waals surface area contributed by atoms with Crippen LogP contribution >= 0.6 is 36.2 Å². The molecule has 0 aliphatic carbocycles. The fourth-order valence-corrected chi connectivity index (χ4v) is 3.19. The van der Waals surface area contributed by atoms with E-state index in [0.29, 0.717) is 0 Å². The SMILES string of the molecule is CCc1cnc(N2CCN(C(=O)[C@@H](N)C(C)(C)C)CC2)s1.Cl.Cl. The molecule has 23 heavy (non-hydrogen) atoms. The summed E-state index contributed by atoms with van der Waals surface area (Å²) in [6.07, 6.45) is 2.98. The highest BCUT2D eigenvalue weighted by atomic mass is 35.5. The number of aromatic nitrogens is 1. The predicted octanol–water partition coefficient (Wildman–Crippen LogP) is 2.57. The maximum atomic E-state index is 12.4. The van der Waals surface area contributed by atoms with Crippen molar-refractivity contribution in [3.63, 3.8) is 0 Å².